The van der Waals surface area contributed by atoms with E-state index < -0.39 is 0 Å². The molecule has 0 saturated carbocycles. The Kier molecular flexibility index (Phi) is 8.33. The number of hydrogen-bond acceptors (Lipinski definition) is 2. The number of imidazole rings is 1. The molecule has 0 aromatic carbocycles. The highest BCUT2D eigenvalue weighted by molar-refractivity contribution is 5.97. The van der Waals surface area contributed by atoms with Crippen molar-refractivity contribution in [2.75, 3.05) is 0 Å². The van der Waals surface area contributed by atoms with Crippen molar-refractivity contribution in [3.63, 3.8) is 0 Å². The Morgan fingerprint density at radius 1 is 1.05 bits per heavy atom. The lowest BCUT2D eigenvalue weighted by Gasteiger charge is -2.27. The monoisotopic (exact) mass is 292 g/mol. The van der Waals surface area contributed by atoms with Crippen molar-refractivity contribution in [2.45, 2.75) is 85.0 Å². The van der Waals surface area contributed by atoms with Crippen LogP contribution in [0.3, 0.4) is 0 Å². The van der Waals surface area contributed by atoms with Gasteiger partial charge in [0, 0.05) is 17.8 Å². The fourth-order valence-corrected chi connectivity index (χ4v) is 2.91. The number of rotatable bonds is 12. The third-order valence-corrected chi connectivity index (χ3v) is 4.43. The summed E-state index contributed by atoms with van der Waals surface area (Å²) in [6.45, 7) is 6.57. The minimum atomic E-state index is -0.251. The third-order valence-electron chi connectivity index (χ3n) is 4.43. The predicted molar refractivity (Wildman–Crippen MR) is 88.5 cm³/mol. The number of hydrogen-bond donors (Lipinski definition) is 1. The maximum atomic E-state index is 12.7. The molecule has 1 aromatic heterocycles. The van der Waals surface area contributed by atoms with E-state index in [2.05, 4.69) is 30.7 Å². The molecule has 1 heterocycles. The Labute approximate surface area is 129 Å². The number of nitrogens with zero attached hydrogens (tertiary/aromatic N) is 1. The molecule has 1 unspecified atom stereocenters. The van der Waals surface area contributed by atoms with Gasteiger partial charge in [-0.25, -0.2) is 4.98 Å². The first-order chi connectivity index (χ1) is 10.1. The second-order valence-electron chi connectivity index (χ2n) is 6.45. The molecule has 1 aromatic rings. The molecule has 0 aliphatic heterocycles. The minimum Gasteiger partial charge on any atom is -0.342 e. The van der Waals surface area contributed by atoms with E-state index in [9.17, 15) is 4.79 Å². The Hall–Kier alpha value is -1.12. The molecule has 1 atom stereocenters. The predicted octanol–water partition coefficient (Wildman–Crippen LogP) is 5.54. The molecule has 0 saturated heterocycles. The Morgan fingerprint density at radius 3 is 2.19 bits per heavy atom. The van der Waals surface area contributed by atoms with Gasteiger partial charge < -0.3 is 4.98 Å². The van der Waals surface area contributed by atoms with Gasteiger partial charge >= 0.3 is 0 Å². The molecule has 0 aliphatic carbocycles. The Bertz CT molecular complexity index is 386. The summed E-state index contributed by atoms with van der Waals surface area (Å²) in [7, 11) is 0. The van der Waals surface area contributed by atoms with Crippen molar-refractivity contribution < 1.29 is 4.79 Å². The summed E-state index contributed by atoms with van der Waals surface area (Å²) in [4.78, 5) is 19.9. The van der Waals surface area contributed by atoms with Crippen LogP contribution >= 0.6 is 0 Å². The minimum absolute atomic E-state index is 0.194. The van der Waals surface area contributed by atoms with E-state index in [0.717, 1.165) is 25.7 Å². The summed E-state index contributed by atoms with van der Waals surface area (Å²) in [6, 6.07) is 0. The van der Waals surface area contributed by atoms with Gasteiger partial charge in [0.2, 0.25) is 5.78 Å². The lowest BCUT2D eigenvalue weighted by atomic mass is 9.76. The first kappa shape index (κ1) is 17.9. The third kappa shape index (κ3) is 6.03. The number of carbonyl (C=O) groups excluding carboxylic acids is 1. The van der Waals surface area contributed by atoms with Crippen molar-refractivity contribution in [3.8, 4) is 0 Å². The summed E-state index contributed by atoms with van der Waals surface area (Å²) in [5.41, 5.74) is -0.251. The maximum absolute atomic E-state index is 12.7. The van der Waals surface area contributed by atoms with E-state index in [1.807, 2.05) is 0 Å². The van der Waals surface area contributed by atoms with Crippen LogP contribution in [0.1, 0.15) is 95.6 Å². The van der Waals surface area contributed by atoms with Gasteiger partial charge in [0.1, 0.15) is 0 Å². The van der Waals surface area contributed by atoms with Crippen molar-refractivity contribution in [1.82, 2.24) is 9.97 Å². The number of aromatic nitrogens is 2. The average molecular weight is 292 g/mol. The molecule has 1 N–H and O–H groups in total. The van der Waals surface area contributed by atoms with Gasteiger partial charge in [0.05, 0.1) is 0 Å². The number of H-pyrrole nitrogens is 1. The zero-order valence-electron chi connectivity index (χ0n) is 14.1. The molecule has 0 spiro atoms. The highest BCUT2D eigenvalue weighted by atomic mass is 16.1. The number of ketones is 1. The van der Waals surface area contributed by atoms with Crippen LogP contribution in [0.2, 0.25) is 0 Å². The van der Waals surface area contributed by atoms with Gasteiger partial charge in [-0.15, -0.1) is 0 Å². The molecule has 3 heteroatoms. The molecule has 0 aliphatic rings. The summed E-state index contributed by atoms with van der Waals surface area (Å²) in [6.07, 6.45) is 15.1. The summed E-state index contributed by atoms with van der Waals surface area (Å²) < 4.78 is 0. The van der Waals surface area contributed by atoms with Crippen LogP contribution in [0.4, 0.5) is 0 Å². The fraction of sp³-hybridized carbons (Fsp3) is 0.778. The number of unbranched alkanes of at least 4 members (excludes halogenated alkanes) is 6. The highest BCUT2D eigenvalue weighted by Gasteiger charge is 2.34. The lowest BCUT2D eigenvalue weighted by Crippen LogP contribution is -2.29. The number of Topliss-reactive ketones (excluding diaryl/α,β-unsaturated/α-hetero) is 1. The van der Waals surface area contributed by atoms with E-state index in [4.69, 9.17) is 0 Å². The smallest absolute Gasteiger partial charge is 0.203 e. The SMILES string of the molecule is CCCCCCCC(C)(CCCCC)C(=O)c1ncc[nH]1. The topological polar surface area (TPSA) is 45.8 Å². The number of nitrogens with one attached hydrogen (secondary N) is 1. The van der Waals surface area contributed by atoms with E-state index in [-0.39, 0.29) is 11.2 Å². The summed E-state index contributed by atoms with van der Waals surface area (Å²) in [5.74, 6) is 0.724. The fourth-order valence-electron chi connectivity index (χ4n) is 2.91. The largest absolute Gasteiger partial charge is 0.342 e. The molecule has 0 amide bonds. The quantitative estimate of drug-likeness (QED) is 0.406. The van der Waals surface area contributed by atoms with Crippen LogP contribution in [0.5, 0.6) is 0 Å². The van der Waals surface area contributed by atoms with E-state index in [0.29, 0.717) is 5.82 Å². The van der Waals surface area contributed by atoms with Gasteiger partial charge in [-0.1, -0.05) is 72.1 Å². The van der Waals surface area contributed by atoms with Crippen molar-refractivity contribution in [2.24, 2.45) is 5.41 Å². The molecule has 3 nitrogen and oxygen atoms in total. The van der Waals surface area contributed by atoms with Gasteiger partial charge in [-0.05, 0) is 12.8 Å². The van der Waals surface area contributed by atoms with E-state index >= 15 is 0 Å². The molecule has 1 rings (SSSR count). The second kappa shape index (κ2) is 9.75. The van der Waals surface area contributed by atoms with Crippen molar-refractivity contribution >= 4 is 5.78 Å². The Morgan fingerprint density at radius 2 is 1.62 bits per heavy atom. The number of aromatic amines is 1. The zero-order valence-corrected chi connectivity index (χ0v) is 14.1. The highest BCUT2D eigenvalue weighted by Crippen LogP contribution is 2.34. The zero-order chi connectivity index (χ0) is 15.6. The van der Waals surface area contributed by atoms with Crippen LogP contribution in [-0.2, 0) is 0 Å². The van der Waals surface area contributed by atoms with Crippen LogP contribution in [0.15, 0.2) is 12.4 Å². The van der Waals surface area contributed by atoms with Gasteiger partial charge in [-0.3, -0.25) is 4.79 Å². The molecular weight excluding hydrogens is 260 g/mol. The first-order valence-corrected chi connectivity index (χ1v) is 8.68. The average Bonchev–Trinajstić information content (AvgIpc) is 3.00. The van der Waals surface area contributed by atoms with Crippen LogP contribution in [0.25, 0.3) is 0 Å². The van der Waals surface area contributed by atoms with Crippen LogP contribution in [0, 0.1) is 5.41 Å². The molecule has 0 bridgehead atoms. The van der Waals surface area contributed by atoms with E-state index in [1.54, 1.807) is 12.4 Å². The summed E-state index contributed by atoms with van der Waals surface area (Å²) >= 11 is 0. The van der Waals surface area contributed by atoms with Crippen molar-refractivity contribution in [3.05, 3.63) is 18.2 Å². The molecule has 0 radical (unpaired) electrons. The van der Waals surface area contributed by atoms with Gasteiger partial charge in [-0.2, -0.15) is 0 Å². The molecule has 21 heavy (non-hydrogen) atoms. The standard InChI is InChI=1S/C18H32N2O/c1-4-6-8-9-11-13-18(3,12-10-7-5-2)16(21)17-19-14-15-20-17/h14-15H,4-13H2,1-3H3,(H,19,20). The molecular formula is C18H32N2O. The van der Waals surface area contributed by atoms with Gasteiger partial charge in [0.15, 0.2) is 5.82 Å². The summed E-state index contributed by atoms with van der Waals surface area (Å²) in [5, 5.41) is 0. The molecule has 0 fully saturated rings. The van der Waals surface area contributed by atoms with E-state index in [1.165, 1.54) is 38.5 Å². The van der Waals surface area contributed by atoms with Gasteiger partial charge in [0.25, 0.3) is 0 Å². The second-order valence-corrected chi connectivity index (χ2v) is 6.45. The van der Waals surface area contributed by atoms with Crippen LogP contribution < -0.4 is 0 Å². The maximum Gasteiger partial charge on any atom is 0.203 e. The van der Waals surface area contributed by atoms with Crippen molar-refractivity contribution in [1.29, 1.82) is 0 Å². The first-order valence-electron chi connectivity index (χ1n) is 8.68. The molecule has 120 valence electrons. The lowest BCUT2D eigenvalue weighted by molar-refractivity contribution is 0.0766. The normalized spacial score (nSPS) is 14.0. The van der Waals surface area contributed by atoms with Crippen LogP contribution in [-0.4, -0.2) is 15.8 Å². The number of carbonyl (C=O) groups is 1. The Balaban J connectivity index is 2.58.